The van der Waals surface area contributed by atoms with Crippen molar-refractivity contribution in [1.82, 2.24) is 9.97 Å². The Kier molecular flexibility index (Phi) is 4.59. The van der Waals surface area contributed by atoms with Gasteiger partial charge in [0.05, 0.1) is 15.9 Å². The first-order valence-electron chi connectivity index (χ1n) is 10.5. The third kappa shape index (κ3) is 3.53. The number of fused-ring (bicyclic) bond motifs is 1. The molecule has 5 aromatic rings. The molecule has 0 bridgehead atoms. The van der Waals surface area contributed by atoms with Gasteiger partial charge in [0.1, 0.15) is 5.01 Å². The zero-order valence-electron chi connectivity index (χ0n) is 18.0. The topological polar surface area (TPSA) is 25.8 Å². The molecule has 0 aliphatic rings. The van der Waals surface area contributed by atoms with E-state index in [-0.39, 0.29) is 0 Å². The molecule has 0 saturated heterocycles. The molecular weight excluding hydrogens is 384 g/mol. The quantitative estimate of drug-likeness (QED) is 0.303. The summed E-state index contributed by atoms with van der Waals surface area (Å²) in [7, 11) is 0. The molecule has 0 atom stereocenters. The number of nitrogens with zero attached hydrogens (tertiary/aromatic N) is 2. The zero-order valence-corrected chi connectivity index (χ0v) is 17.8. The molecule has 3 aromatic carbocycles. The summed E-state index contributed by atoms with van der Waals surface area (Å²) in [5, 5.41) is 1.01. The molecule has 2 aromatic heterocycles. The van der Waals surface area contributed by atoms with Crippen LogP contribution in [0.1, 0.15) is 26.7 Å². The summed E-state index contributed by atoms with van der Waals surface area (Å²) >= 11 is 1.70. The Morgan fingerprint density at radius 3 is 2.20 bits per heavy atom. The normalized spacial score (nSPS) is 12.1. The monoisotopic (exact) mass is 407 g/mol. The second-order valence-corrected chi connectivity index (χ2v) is 8.58. The van der Waals surface area contributed by atoms with Crippen molar-refractivity contribution in [3.63, 3.8) is 0 Å². The maximum absolute atomic E-state index is 8.40. The van der Waals surface area contributed by atoms with Crippen LogP contribution in [0.2, 0.25) is 0 Å². The molecule has 0 aliphatic heterocycles. The van der Waals surface area contributed by atoms with Crippen molar-refractivity contribution in [2.75, 3.05) is 0 Å². The van der Waals surface area contributed by atoms with E-state index >= 15 is 0 Å². The summed E-state index contributed by atoms with van der Waals surface area (Å²) in [4.78, 5) is 9.65. The van der Waals surface area contributed by atoms with E-state index in [1.165, 1.54) is 0 Å². The minimum absolute atomic E-state index is 0.672. The van der Waals surface area contributed by atoms with Crippen LogP contribution in [0.15, 0.2) is 91.1 Å². The fourth-order valence-corrected chi connectivity index (χ4v) is 4.66. The molecule has 2 nitrogen and oxygen atoms in total. The van der Waals surface area contributed by atoms with Crippen molar-refractivity contribution >= 4 is 21.6 Å². The van der Waals surface area contributed by atoms with E-state index in [9.17, 15) is 0 Å². The Morgan fingerprint density at radius 2 is 1.50 bits per heavy atom. The lowest BCUT2D eigenvalue weighted by Crippen LogP contribution is -1.91. The minimum Gasteiger partial charge on any atom is -0.256 e. The number of pyridine rings is 1. The number of aromatic nitrogens is 2. The number of thiazole rings is 1. The van der Waals surface area contributed by atoms with Crippen LogP contribution >= 0.6 is 11.3 Å². The van der Waals surface area contributed by atoms with E-state index in [1.807, 2.05) is 50.2 Å². The SMILES string of the molecule is [2H]C(C)(C)c1ccnc(-c2cc(-c3ccccc3)c3nc(-c4ccccc4)sc3c2)c1. The summed E-state index contributed by atoms with van der Waals surface area (Å²) in [5.41, 5.74) is 7.25. The third-order valence-corrected chi connectivity index (χ3v) is 6.28. The summed E-state index contributed by atoms with van der Waals surface area (Å²) < 4.78 is 9.53. The number of hydrogen-bond donors (Lipinski definition) is 0. The van der Waals surface area contributed by atoms with E-state index < -0.39 is 5.89 Å². The van der Waals surface area contributed by atoms with Gasteiger partial charge in [-0.1, -0.05) is 74.5 Å². The molecule has 0 radical (unpaired) electrons. The molecule has 0 fully saturated rings. The van der Waals surface area contributed by atoms with Gasteiger partial charge < -0.3 is 0 Å². The molecule has 2 heterocycles. The fraction of sp³-hybridized carbons (Fsp3) is 0.111. The summed E-state index contributed by atoms with van der Waals surface area (Å²) in [6.07, 6.45) is 1.80. The third-order valence-electron chi connectivity index (χ3n) is 5.23. The van der Waals surface area contributed by atoms with Crippen LogP contribution in [0.3, 0.4) is 0 Å². The van der Waals surface area contributed by atoms with Crippen LogP contribution < -0.4 is 0 Å². The maximum atomic E-state index is 8.40. The Morgan fingerprint density at radius 1 is 0.800 bits per heavy atom. The van der Waals surface area contributed by atoms with E-state index in [1.54, 1.807) is 17.5 Å². The summed E-state index contributed by atoms with van der Waals surface area (Å²) in [5.74, 6) is -0.672. The lowest BCUT2D eigenvalue weighted by Gasteiger charge is -2.10. The highest BCUT2D eigenvalue weighted by atomic mass is 32.1. The maximum Gasteiger partial charge on any atom is 0.124 e. The first kappa shape index (κ1) is 17.5. The first-order chi connectivity index (χ1) is 15.0. The van der Waals surface area contributed by atoms with Gasteiger partial charge in [-0.3, -0.25) is 4.98 Å². The second-order valence-electron chi connectivity index (χ2n) is 7.55. The van der Waals surface area contributed by atoms with Crippen molar-refractivity contribution in [2.45, 2.75) is 19.7 Å². The predicted molar refractivity (Wildman–Crippen MR) is 128 cm³/mol. The van der Waals surface area contributed by atoms with Crippen LogP contribution in [-0.2, 0) is 0 Å². The van der Waals surface area contributed by atoms with Crippen molar-refractivity contribution < 1.29 is 1.37 Å². The van der Waals surface area contributed by atoms with Gasteiger partial charge in [0.15, 0.2) is 0 Å². The van der Waals surface area contributed by atoms with E-state index in [4.69, 9.17) is 6.35 Å². The molecule has 0 amide bonds. The molecule has 0 aliphatic carbocycles. The van der Waals surface area contributed by atoms with Crippen molar-refractivity contribution in [3.8, 4) is 33.0 Å². The second kappa shape index (κ2) is 7.85. The summed E-state index contributed by atoms with van der Waals surface area (Å²) in [6.45, 7) is 3.81. The fourth-order valence-electron chi connectivity index (χ4n) is 3.62. The number of benzene rings is 3. The van der Waals surface area contributed by atoms with Crippen molar-refractivity contribution in [3.05, 3.63) is 96.7 Å². The highest BCUT2D eigenvalue weighted by molar-refractivity contribution is 7.21. The van der Waals surface area contributed by atoms with Gasteiger partial charge in [0, 0.05) is 24.3 Å². The Balaban J connectivity index is 1.74. The van der Waals surface area contributed by atoms with Gasteiger partial charge in [-0.15, -0.1) is 11.3 Å². The lowest BCUT2D eigenvalue weighted by molar-refractivity contribution is 0.864. The molecule has 0 spiro atoms. The molecule has 0 unspecified atom stereocenters. The van der Waals surface area contributed by atoms with Crippen LogP contribution in [0.4, 0.5) is 0 Å². The average Bonchev–Trinajstić information content (AvgIpc) is 3.23. The van der Waals surface area contributed by atoms with E-state index in [0.29, 0.717) is 0 Å². The Labute approximate surface area is 182 Å². The van der Waals surface area contributed by atoms with Crippen LogP contribution in [0.25, 0.3) is 43.2 Å². The van der Waals surface area contributed by atoms with Gasteiger partial charge >= 0.3 is 0 Å². The molecule has 0 saturated carbocycles. The molecule has 30 heavy (non-hydrogen) atoms. The van der Waals surface area contributed by atoms with Crippen molar-refractivity contribution in [2.24, 2.45) is 0 Å². The van der Waals surface area contributed by atoms with Crippen LogP contribution in [-0.4, -0.2) is 9.97 Å². The Bertz CT molecular complexity index is 1350. The lowest BCUT2D eigenvalue weighted by atomic mass is 9.98. The highest BCUT2D eigenvalue weighted by Gasteiger charge is 2.15. The largest absolute Gasteiger partial charge is 0.256 e. The number of hydrogen-bond acceptors (Lipinski definition) is 3. The van der Waals surface area contributed by atoms with Crippen LogP contribution in [0, 0.1) is 0 Å². The molecular formula is C27H22N2S. The molecule has 146 valence electrons. The smallest absolute Gasteiger partial charge is 0.124 e. The van der Waals surface area contributed by atoms with E-state index in [2.05, 4.69) is 53.5 Å². The van der Waals surface area contributed by atoms with Gasteiger partial charge in [-0.05, 0) is 41.3 Å². The number of rotatable bonds is 4. The minimum atomic E-state index is -0.672. The first-order valence-corrected chi connectivity index (χ1v) is 10.8. The van der Waals surface area contributed by atoms with Gasteiger partial charge in [-0.2, -0.15) is 0 Å². The van der Waals surface area contributed by atoms with E-state index in [0.717, 1.165) is 48.7 Å². The van der Waals surface area contributed by atoms with Crippen LogP contribution in [0.5, 0.6) is 0 Å². The molecule has 5 rings (SSSR count). The molecule has 3 heteroatoms. The Hall–Kier alpha value is -3.30. The standard InChI is InChI=1S/C27H22N2S/c1-18(2)21-13-14-28-24(16-21)22-15-23(19-9-5-3-6-10-19)26-25(17-22)30-27(29-26)20-11-7-4-8-12-20/h3-18H,1-2H3/i18D. The van der Waals surface area contributed by atoms with Gasteiger partial charge in [0.25, 0.3) is 0 Å². The van der Waals surface area contributed by atoms with Gasteiger partial charge in [0.2, 0.25) is 0 Å². The summed E-state index contributed by atoms with van der Waals surface area (Å²) in [6, 6.07) is 29.0. The van der Waals surface area contributed by atoms with Gasteiger partial charge in [-0.25, -0.2) is 4.98 Å². The average molecular weight is 408 g/mol. The highest BCUT2D eigenvalue weighted by Crippen LogP contribution is 2.39. The zero-order chi connectivity index (χ0) is 21.4. The van der Waals surface area contributed by atoms with Crippen molar-refractivity contribution in [1.29, 1.82) is 0 Å². The molecule has 0 N–H and O–H groups in total. The predicted octanol–water partition coefficient (Wildman–Crippen LogP) is 7.82.